The van der Waals surface area contributed by atoms with E-state index in [9.17, 15) is 0 Å². The number of rotatable bonds is 2. The number of fused-ring (bicyclic) bond motifs is 1. The van der Waals surface area contributed by atoms with Crippen molar-refractivity contribution in [1.29, 1.82) is 0 Å². The second-order valence-electron chi connectivity index (χ2n) is 6.34. The first-order valence-corrected chi connectivity index (χ1v) is 7.28. The van der Waals surface area contributed by atoms with Gasteiger partial charge in [-0.25, -0.2) is 0 Å². The summed E-state index contributed by atoms with van der Waals surface area (Å²) in [4.78, 5) is 15.6. The summed E-state index contributed by atoms with van der Waals surface area (Å²) >= 11 is 0. The summed E-state index contributed by atoms with van der Waals surface area (Å²) in [5, 5.41) is 3.45. The van der Waals surface area contributed by atoms with Crippen LogP contribution in [-0.4, -0.2) is 34.6 Å². The highest BCUT2D eigenvalue weighted by atomic mass is 15.3. The zero-order chi connectivity index (χ0) is 14.9. The second kappa shape index (κ2) is 5.31. The van der Waals surface area contributed by atoms with Crippen molar-refractivity contribution in [1.82, 2.24) is 15.2 Å². The van der Waals surface area contributed by atoms with Crippen LogP contribution in [0.4, 0.5) is 0 Å². The van der Waals surface area contributed by atoms with E-state index in [1.807, 2.05) is 18.3 Å². The molecular formula is C16H21N5. The molecule has 5 heteroatoms. The van der Waals surface area contributed by atoms with Gasteiger partial charge in [-0.3, -0.25) is 15.0 Å². The summed E-state index contributed by atoms with van der Waals surface area (Å²) in [5.41, 5.74) is 2.33. The minimum Gasteiger partial charge on any atom is -0.339 e. The molecule has 5 nitrogen and oxygen atoms in total. The Balaban J connectivity index is 1.86. The molecule has 0 saturated heterocycles. The number of nitrogens with one attached hydrogen (secondary N) is 1. The first-order valence-electron chi connectivity index (χ1n) is 7.28. The second-order valence-corrected chi connectivity index (χ2v) is 6.34. The number of pyridine rings is 1. The smallest absolute Gasteiger partial charge is 0.171 e. The molecule has 0 saturated carbocycles. The third-order valence-corrected chi connectivity index (χ3v) is 3.57. The Kier molecular flexibility index (Phi) is 3.49. The number of hydrogen-bond donors (Lipinski definition) is 1. The van der Waals surface area contributed by atoms with Gasteiger partial charge in [0.05, 0.1) is 13.1 Å². The average molecular weight is 283 g/mol. The van der Waals surface area contributed by atoms with Crippen LogP contribution in [0, 0.1) is 5.41 Å². The van der Waals surface area contributed by atoms with Gasteiger partial charge in [0.1, 0.15) is 0 Å². The van der Waals surface area contributed by atoms with Crippen LogP contribution in [0.15, 0.2) is 46.4 Å². The van der Waals surface area contributed by atoms with Gasteiger partial charge in [-0.1, -0.05) is 26.8 Å². The monoisotopic (exact) mass is 283 g/mol. The van der Waals surface area contributed by atoms with Gasteiger partial charge in [-0.2, -0.15) is 0 Å². The molecule has 1 aromatic rings. The largest absolute Gasteiger partial charge is 0.339 e. The molecule has 110 valence electrons. The number of allylic oxidation sites excluding steroid dienone is 1. The Morgan fingerprint density at radius 2 is 2.24 bits per heavy atom. The van der Waals surface area contributed by atoms with E-state index in [1.165, 1.54) is 5.70 Å². The summed E-state index contributed by atoms with van der Waals surface area (Å²) in [6.45, 7) is 8.97. The molecule has 0 amide bonds. The SMILES string of the molecule is CC(C)(C)C1=CN2CCN=C2C(=NCc2cccnc2)N1. The van der Waals surface area contributed by atoms with Crippen LogP contribution in [0.1, 0.15) is 26.3 Å². The van der Waals surface area contributed by atoms with E-state index in [2.05, 4.69) is 47.2 Å². The molecule has 2 aliphatic rings. The lowest BCUT2D eigenvalue weighted by Gasteiger charge is -2.32. The minimum absolute atomic E-state index is 0.0587. The fourth-order valence-electron chi connectivity index (χ4n) is 2.32. The molecule has 3 heterocycles. The molecule has 0 unspecified atom stereocenters. The fraction of sp³-hybridized carbons (Fsp3) is 0.438. The van der Waals surface area contributed by atoms with Gasteiger partial charge in [-0.15, -0.1) is 0 Å². The maximum atomic E-state index is 4.71. The molecule has 1 aromatic heterocycles. The van der Waals surface area contributed by atoms with E-state index in [-0.39, 0.29) is 5.41 Å². The van der Waals surface area contributed by atoms with Crippen molar-refractivity contribution in [3.63, 3.8) is 0 Å². The first kappa shape index (κ1) is 13.8. The molecule has 0 fully saturated rings. The lowest BCUT2D eigenvalue weighted by atomic mass is 9.91. The van der Waals surface area contributed by atoms with E-state index in [1.54, 1.807) is 6.20 Å². The average Bonchev–Trinajstić information content (AvgIpc) is 2.93. The summed E-state index contributed by atoms with van der Waals surface area (Å²) < 4.78 is 0. The molecule has 0 spiro atoms. The summed E-state index contributed by atoms with van der Waals surface area (Å²) in [5.74, 6) is 1.82. The van der Waals surface area contributed by atoms with Crippen molar-refractivity contribution in [2.24, 2.45) is 15.4 Å². The standard InChI is InChI=1S/C16H21N5/c1-16(2,3)13-11-21-8-7-18-15(21)14(20-13)19-10-12-5-4-6-17-9-12/h4-6,9,11H,7-8,10H2,1-3H3,(H,19,20). The number of aromatic nitrogens is 1. The maximum Gasteiger partial charge on any atom is 0.171 e. The van der Waals surface area contributed by atoms with Gasteiger partial charge in [-0.05, 0) is 11.6 Å². The van der Waals surface area contributed by atoms with Gasteiger partial charge >= 0.3 is 0 Å². The predicted octanol–water partition coefficient (Wildman–Crippen LogP) is 2.18. The molecule has 0 aromatic carbocycles. The van der Waals surface area contributed by atoms with Crippen LogP contribution in [-0.2, 0) is 6.54 Å². The Morgan fingerprint density at radius 3 is 2.95 bits per heavy atom. The third-order valence-electron chi connectivity index (χ3n) is 3.57. The van der Waals surface area contributed by atoms with E-state index in [4.69, 9.17) is 4.99 Å². The molecule has 3 rings (SSSR count). The Morgan fingerprint density at radius 1 is 1.38 bits per heavy atom. The van der Waals surface area contributed by atoms with Crippen LogP contribution in [0.3, 0.4) is 0 Å². The van der Waals surface area contributed by atoms with E-state index >= 15 is 0 Å². The third kappa shape index (κ3) is 2.96. The number of amidine groups is 2. The summed E-state index contributed by atoms with van der Waals surface area (Å²) in [6.07, 6.45) is 5.79. The maximum absolute atomic E-state index is 4.71. The quantitative estimate of drug-likeness (QED) is 0.905. The lowest BCUT2D eigenvalue weighted by Crippen LogP contribution is -2.46. The molecule has 0 aliphatic carbocycles. The Hall–Kier alpha value is -2.17. The lowest BCUT2D eigenvalue weighted by molar-refractivity contribution is 0.457. The van der Waals surface area contributed by atoms with Crippen LogP contribution in [0.2, 0.25) is 0 Å². The normalized spacial score (nSPS) is 20.0. The van der Waals surface area contributed by atoms with E-state index in [0.717, 1.165) is 30.3 Å². The van der Waals surface area contributed by atoms with Crippen molar-refractivity contribution in [3.8, 4) is 0 Å². The van der Waals surface area contributed by atoms with Crippen LogP contribution in [0.25, 0.3) is 0 Å². The Labute approximate surface area is 125 Å². The fourth-order valence-corrected chi connectivity index (χ4v) is 2.32. The van der Waals surface area contributed by atoms with E-state index in [0.29, 0.717) is 6.54 Å². The minimum atomic E-state index is 0.0587. The highest BCUT2D eigenvalue weighted by molar-refractivity contribution is 6.41. The van der Waals surface area contributed by atoms with Crippen molar-refractivity contribution in [3.05, 3.63) is 42.0 Å². The van der Waals surface area contributed by atoms with Gasteiger partial charge in [0.25, 0.3) is 0 Å². The predicted molar refractivity (Wildman–Crippen MR) is 85.1 cm³/mol. The van der Waals surface area contributed by atoms with Crippen LogP contribution < -0.4 is 5.32 Å². The molecule has 1 N–H and O–H groups in total. The van der Waals surface area contributed by atoms with Gasteiger partial charge < -0.3 is 10.2 Å². The topological polar surface area (TPSA) is 52.9 Å². The van der Waals surface area contributed by atoms with Crippen molar-refractivity contribution in [2.75, 3.05) is 13.1 Å². The zero-order valence-corrected chi connectivity index (χ0v) is 12.8. The molecule has 0 radical (unpaired) electrons. The molecule has 21 heavy (non-hydrogen) atoms. The molecular weight excluding hydrogens is 262 g/mol. The highest BCUT2D eigenvalue weighted by Gasteiger charge is 2.30. The van der Waals surface area contributed by atoms with Gasteiger partial charge in [0.2, 0.25) is 0 Å². The van der Waals surface area contributed by atoms with Crippen molar-refractivity contribution < 1.29 is 0 Å². The molecule has 0 atom stereocenters. The van der Waals surface area contributed by atoms with Crippen LogP contribution in [0.5, 0.6) is 0 Å². The summed E-state index contributed by atoms with van der Waals surface area (Å²) in [6, 6.07) is 3.97. The number of nitrogens with zero attached hydrogens (tertiary/aromatic N) is 4. The van der Waals surface area contributed by atoms with Crippen LogP contribution >= 0.6 is 0 Å². The number of aliphatic imine (C=N–C) groups is 2. The van der Waals surface area contributed by atoms with Gasteiger partial charge in [0.15, 0.2) is 11.7 Å². The van der Waals surface area contributed by atoms with Gasteiger partial charge in [0, 0.05) is 36.3 Å². The molecule has 0 bridgehead atoms. The summed E-state index contributed by atoms with van der Waals surface area (Å²) in [7, 11) is 0. The van der Waals surface area contributed by atoms with E-state index < -0.39 is 0 Å². The van der Waals surface area contributed by atoms with Crippen molar-refractivity contribution in [2.45, 2.75) is 27.3 Å². The zero-order valence-electron chi connectivity index (χ0n) is 12.8. The highest BCUT2D eigenvalue weighted by Crippen LogP contribution is 2.26. The Bertz CT molecular complexity index is 607. The first-order chi connectivity index (χ1) is 10.0. The number of hydrogen-bond acceptors (Lipinski definition) is 4. The molecule has 2 aliphatic heterocycles. The van der Waals surface area contributed by atoms with Crippen molar-refractivity contribution >= 4 is 11.7 Å².